The number of methoxy groups -OCH3 is 1. The zero-order valence-corrected chi connectivity index (χ0v) is 28.4. The Morgan fingerprint density at radius 3 is 2.56 bits per heavy atom. The summed E-state index contributed by atoms with van der Waals surface area (Å²) in [4.78, 5) is 30.3. The number of amides is 1. The largest absolute Gasteiger partial charge is 0.496 e. The fourth-order valence-electron chi connectivity index (χ4n) is 5.66. The van der Waals surface area contributed by atoms with Crippen LogP contribution in [0.25, 0.3) is 11.0 Å². The molecule has 1 amide bonds. The predicted octanol–water partition coefficient (Wildman–Crippen LogP) is 1.54. The lowest BCUT2D eigenvalue weighted by Gasteiger charge is -2.35. The number of piperazine rings is 1. The smallest absolute Gasteiger partial charge is 0.224 e. The molecule has 1 unspecified atom stereocenters. The van der Waals surface area contributed by atoms with Crippen LogP contribution in [-0.4, -0.2) is 121 Å². The first kappa shape index (κ1) is 37.3. The third-order valence-electron chi connectivity index (χ3n) is 8.24. The van der Waals surface area contributed by atoms with Gasteiger partial charge in [0.2, 0.25) is 11.9 Å². The molecule has 4 rings (SSSR count). The lowest BCUT2D eigenvalue weighted by atomic mass is 10.1. The summed E-state index contributed by atoms with van der Waals surface area (Å²) < 4.78 is 19.0. The summed E-state index contributed by atoms with van der Waals surface area (Å²) >= 11 is 0. The Hall–Kier alpha value is -3.57. The SMILES string of the molecule is CCCCCNc1nc(N)nc2ccn(Cc3ccc(CN4CCN(C(=O)CCOCCOCCNC(O)CON)CC4)cc3OC)c12. The summed E-state index contributed by atoms with van der Waals surface area (Å²) in [7, 11) is 1.70. The number of carbonyl (C=O) groups excluding carboxylic acids is 1. The second kappa shape index (κ2) is 20.1. The average Bonchev–Trinajstić information content (AvgIpc) is 3.49. The molecule has 7 N–H and O–H groups in total. The Balaban J connectivity index is 1.19. The third kappa shape index (κ3) is 11.5. The Morgan fingerprint density at radius 1 is 1.02 bits per heavy atom. The van der Waals surface area contributed by atoms with Crippen LogP contribution in [0.4, 0.5) is 11.8 Å². The van der Waals surface area contributed by atoms with E-state index in [0.29, 0.717) is 59.0 Å². The molecule has 1 aliphatic rings. The molecular weight excluding hydrogens is 618 g/mol. The number of hydrogen-bond donors (Lipinski definition) is 5. The summed E-state index contributed by atoms with van der Waals surface area (Å²) in [6.07, 6.45) is 4.91. The summed E-state index contributed by atoms with van der Waals surface area (Å²) in [5, 5.41) is 15.7. The number of rotatable bonds is 22. The van der Waals surface area contributed by atoms with E-state index in [2.05, 4.69) is 60.0 Å². The van der Waals surface area contributed by atoms with Gasteiger partial charge in [-0.2, -0.15) is 4.98 Å². The van der Waals surface area contributed by atoms with Gasteiger partial charge in [-0.3, -0.25) is 15.0 Å². The Labute approximate surface area is 282 Å². The molecule has 1 aliphatic heterocycles. The Kier molecular flexibility index (Phi) is 15.6. The average molecular weight is 672 g/mol. The van der Waals surface area contributed by atoms with Gasteiger partial charge in [-0.05, 0) is 24.1 Å². The number of aliphatic hydroxyl groups excluding tert-OH is 1. The molecule has 15 nitrogen and oxygen atoms in total. The number of fused-ring (bicyclic) bond motifs is 1. The van der Waals surface area contributed by atoms with E-state index in [9.17, 15) is 9.90 Å². The number of nitrogens with two attached hydrogens (primary N) is 2. The van der Waals surface area contributed by atoms with Crippen molar-refractivity contribution in [2.45, 2.75) is 51.9 Å². The number of nitrogen functional groups attached to an aromatic ring is 1. The minimum Gasteiger partial charge on any atom is -0.496 e. The molecule has 48 heavy (non-hydrogen) atoms. The van der Waals surface area contributed by atoms with Crippen molar-refractivity contribution in [3.05, 3.63) is 41.6 Å². The van der Waals surface area contributed by atoms with E-state index >= 15 is 0 Å². The van der Waals surface area contributed by atoms with Crippen molar-refractivity contribution in [1.82, 2.24) is 29.7 Å². The van der Waals surface area contributed by atoms with Crippen LogP contribution in [-0.2, 0) is 32.2 Å². The summed E-state index contributed by atoms with van der Waals surface area (Å²) in [6.45, 7) is 9.45. The fraction of sp³-hybridized carbons (Fsp3) is 0.606. The highest BCUT2D eigenvalue weighted by Gasteiger charge is 2.21. The lowest BCUT2D eigenvalue weighted by molar-refractivity contribution is -0.134. The quantitative estimate of drug-likeness (QED) is 0.0589. The summed E-state index contributed by atoms with van der Waals surface area (Å²) in [5.41, 5.74) is 9.96. The topological polar surface area (TPSA) is 188 Å². The first-order valence-electron chi connectivity index (χ1n) is 16.8. The molecular formula is C33H53N9O6. The number of aromatic nitrogens is 3. The maximum absolute atomic E-state index is 12.7. The van der Waals surface area contributed by atoms with E-state index in [1.54, 1.807) is 7.11 Å². The van der Waals surface area contributed by atoms with Crippen molar-refractivity contribution < 1.29 is 28.9 Å². The second-order valence-electron chi connectivity index (χ2n) is 11.8. The molecule has 1 aromatic carbocycles. The highest BCUT2D eigenvalue weighted by molar-refractivity contribution is 5.87. The first-order chi connectivity index (χ1) is 23.4. The van der Waals surface area contributed by atoms with Crippen molar-refractivity contribution in [3.8, 4) is 5.75 Å². The number of unbranched alkanes of at least 4 members (excludes halogenated alkanes) is 2. The number of anilines is 2. The zero-order valence-electron chi connectivity index (χ0n) is 28.4. The zero-order chi connectivity index (χ0) is 34.1. The van der Waals surface area contributed by atoms with Crippen molar-refractivity contribution >= 4 is 28.7 Å². The number of hydrogen-bond acceptors (Lipinski definition) is 13. The van der Waals surface area contributed by atoms with Crippen molar-refractivity contribution in [2.75, 3.05) is 90.5 Å². The number of benzene rings is 1. The minimum absolute atomic E-state index is 0.00973. The van der Waals surface area contributed by atoms with Crippen LogP contribution in [0.3, 0.4) is 0 Å². The van der Waals surface area contributed by atoms with E-state index in [1.807, 2.05) is 17.2 Å². The van der Waals surface area contributed by atoms with Crippen LogP contribution in [0.1, 0.15) is 43.7 Å². The number of aliphatic hydroxyl groups is 1. The normalized spacial score (nSPS) is 14.5. The molecule has 15 heteroatoms. The van der Waals surface area contributed by atoms with E-state index in [-0.39, 0.29) is 18.5 Å². The van der Waals surface area contributed by atoms with Crippen LogP contribution in [0.15, 0.2) is 30.5 Å². The molecule has 3 aromatic rings. The van der Waals surface area contributed by atoms with Crippen molar-refractivity contribution in [1.29, 1.82) is 0 Å². The van der Waals surface area contributed by atoms with Gasteiger partial charge in [-0.1, -0.05) is 31.9 Å². The predicted molar refractivity (Wildman–Crippen MR) is 184 cm³/mol. The third-order valence-corrected chi connectivity index (χ3v) is 8.24. The monoisotopic (exact) mass is 671 g/mol. The molecule has 3 heterocycles. The first-order valence-corrected chi connectivity index (χ1v) is 16.8. The van der Waals surface area contributed by atoms with Crippen LogP contribution < -0.4 is 27.0 Å². The minimum atomic E-state index is -0.824. The molecule has 2 aromatic heterocycles. The van der Waals surface area contributed by atoms with E-state index in [4.69, 9.17) is 25.8 Å². The van der Waals surface area contributed by atoms with Crippen LogP contribution in [0, 0.1) is 0 Å². The van der Waals surface area contributed by atoms with Gasteiger partial charge in [0.05, 0.1) is 52.0 Å². The Bertz CT molecular complexity index is 1400. The molecule has 1 fully saturated rings. The van der Waals surface area contributed by atoms with Gasteiger partial charge < -0.3 is 44.7 Å². The van der Waals surface area contributed by atoms with Crippen molar-refractivity contribution in [3.63, 3.8) is 0 Å². The van der Waals surface area contributed by atoms with Crippen molar-refractivity contribution in [2.24, 2.45) is 5.90 Å². The highest BCUT2D eigenvalue weighted by Crippen LogP contribution is 2.27. The highest BCUT2D eigenvalue weighted by atomic mass is 16.6. The van der Waals surface area contributed by atoms with E-state index < -0.39 is 6.23 Å². The molecule has 266 valence electrons. The number of nitrogens with one attached hydrogen (secondary N) is 2. The Morgan fingerprint density at radius 2 is 1.81 bits per heavy atom. The van der Waals surface area contributed by atoms with Crippen LogP contribution >= 0.6 is 0 Å². The number of carbonyl (C=O) groups is 1. The number of nitrogens with zero attached hydrogens (tertiary/aromatic N) is 5. The maximum atomic E-state index is 12.7. The van der Waals surface area contributed by atoms with Gasteiger partial charge >= 0.3 is 0 Å². The molecule has 1 atom stereocenters. The van der Waals surface area contributed by atoms with Crippen LogP contribution in [0.2, 0.25) is 0 Å². The van der Waals surface area contributed by atoms with Crippen LogP contribution in [0.5, 0.6) is 5.75 Å². The number of ether oxygens (including phenoxy) is 3. The van der Waals surface area contributed by atoms with E-state index in [0.717, 1.165) is 79.2 Å². The van der Waals surface area contributed by atoms with E-state index in [1.165, 1.54) is 0 Å². The van der Waals surface area contributed by atoms with Gasteiger partial charge in [-0.25, -0.2) is 10.9 Å². The molecule has 0 saturated carbocycles. The standard InChI is InChI=1S/C33H53N9O6/c1-3-4-5-10-37-32-31-27(38-33(34)39-32)8-12-42(31)23-26-7-6-25(21-28(26)45-2)22-40-13-15-41(16-14-40)30(44)9-17-46-19-20-47-18-11-36-29(43)24-48-35/h6-8,12,21,29,36,43H,3-5,9-11,13-20,22-24,35H2,1-2H3,(H3,34,37,38,39). The van der Waals surface area contributed by atoms with Gasteiger partial charge in [0.15, 0.2) is 5.82 Å². The summed E-state index contributed by atoms with van der Waals surface area (Å²) in [5.74, 6) is 6.85. The maximum Gasteiger partial charge on any atom is 0.224 e. The fourth-order valence-corrected chi connectivity index (χ4v) is 5.66. The van der Waals surface area contributed by atoms with Gasteiger partial charge in [0.25, 0.3) is 0 Å². The molecule has 0 spiro atoms. The molecule has 0 radical (unpaired) electrons. The van der Waals surface area contributed by atoms with Gasteiger partial charge in [-0.15, -0.1) is 0 Å². The molecule has 0 aliphatic carbocycles. The molecule has 0 bridgehead atoms. The second-order valence-corrected chi connectivity index (χ2v) is 11.8. The lowest BCUT2D eigenvalue weighted by Crippen LogP contribution is -2.48. The van der Waals surface area contributed by atoms with Gasteiger partial charge in [0.1, 0.15) is 24.1 Å². The van der Waals surface area contributed by atoms with Gasteiger partial charge in [0, 0.05) is 57.6 Å². The molecule has 1 saturated heterocycles. The summed E-state index contributed by atoms with van der Waals surface area (Å²) in [6, 6.07) is 8.35.